The van der Waals surface area contributed by atoms with Gasteiger partial charge in [-0.15, -0.1) is 11.3 Å². The van der Waals surface area contributed by atoms with Crippen molar-refractivity contribution in [3.8, 4) is 11.3 Å². The first-order chi connectivity index (χ1) is 12.7. The van der Waals surface area contributed by atoms with E-state index >= 15 is 0 Å². The van der Waals surface area contributed by atoms with Gasteiger partial charge >= 0.3 is 0 Å². The third kappa shape index (κ3) is 3.60. The molecule has 0 aliphatic heterocycles. The number of thiazole rings is 1. The Kier molecular flexibility index (Phi) is 4.93. The molecule has 4 rings (SSSR count). The molecule has 1 aromatic carbocycles. The van der Waals surface area contributed by atoms with Crippen LogP contribution in [0.2, 0.25) is 0 Å². The molecule has 6 heteroatoms. The number of rotatable bonds is 6. The average molecular weight is 368 g/mol. The molecule has 0 bridgehead atoms. The first-order valence-electron chi connectivity index (χ1n) is 9.20. The van der Waals surface area contributed by atoms with E-state index in [-0.39, 0.29) is 0 Å². The summed E-state index contributed by atoms with van der Waals surface area (Å²) in [6.45, 7) is 0.737. The van der Waals surface area contributed by atoms with Gasteiger partial charge in [-0.05, 0) is 25.0 Å². The minimum atomic E-state index is 0.662. The van der Waals surface area contributed by atoms with Gasteiger partial charge < -0.3 is 10.2 Å². The third-order valence-electron chi connectivity index (χ3n) is 5.14. The molecule has 1 fully saturated rings. The molecular weight excluding hydrogens is 342 g/mol. The zero-order valence-electron chi connectivity index (χ0n) is 15.4. The van der Waals surface area contributed by atoms with Crippen molar-refractivity contribution in [2.24, 2.45) is 7.05 Å². The van der Waals surface area contributed by atoms with Crippen LogP contribution in [-0.4, -0.2) is 27.9 Å². The van der Waals surface area contributed by atoms with Crippen LogP contribution in [0.3, 0.4) is 0 Å². The molecule has 0 saturated heterocycles. The number of aromatic nitrogens is 3. The lowest BCUT2D eigenvalue weighted by atomic mass is 10.1. The topological polar surface area (TPSA) is 46.0 Å². The lowest BCUT2D eigenvalue weighted by Gasteiger charge is -2.28. The normalized spacial score (nSPS) is 14.7. The quantitative estimate of drug-likeness (QED) is 0.695. The molecule has 1 aliphatic carbocycles. The van der Waals surface area contributed by atoms with Crippen molar-refractivity contribution >= 4 is 22.7 Å². The van der Waals surface area contributed by atoms with E-state index in [1.807, 2.05) is 24.1 Å². The van der Waals surface area contributed by atoms with Gasteiger partial charge in [0, 0.05) is 37.3 Å². The summed E-state index contributed by atoms with van der Waals surface area (Å²) < 4.78 is 1.81. The second kappa shape index (κ2) is 7.50. The maximum atomic E-state index is 4.75. The van der Waals surface area contributed by atoms with Crippen LogP contribution in [0.4, 0.5) is 11.4 Å². The molecule has 0 atom stereocenters. The van der Waals surface area contributed by atoms with Gasteiger partial charge in [-0.2, -0.15) is 5.10 Å². The molecule has 1 N–H and O–H groups in total. The smallest absolute Gasteiger partial charge is 0.112 e. The molecule has 26 heavy (non-hydrogen) atoms. The van der Waals surface area contributed by atoms with Crippen LogP contribution in [-0.2, 0) is 13.6 Å². The molecule has 136 valence electrons. The highest BCUT2D eigenvalue weighted by atomic mass is 32.1. The van der Waals surface area contributed by atoms with Gasteiger partial charge in [0.05, 0.1) is 29.8 Å². The zero-order chi connectivity index (χ0) is 17.9. The Morgan fingerprint density at radius 1 is 1.27 bits per heavy atom. The summed E-state index contributed by atoms with van der Waals surface area (Å²) in [5, 5.41) is 11.0. The average Bonchev–Trinajstić information content (AvgIpc) is 3.41. The number of nitrogens with zero attached hydrogens (tertiary/aromatic N) is 4. The fraction of sp³-hybridized carbons (Fsp3) is 0.400. The van der Waals surface area contributed by atoms with Gasteiger partial charge in [0.1, 0.15) is 5.01 Å². The number of anilines is 2. The Hall–Kier alpha value is -2.34. The Morgan fingerprint density at radius 2 is 2.08 bits per heavy atom. The summed E-state index contributed by atoms with van der Waals surface area (Å²) in [4.78, 5) is 7.19. The minimum Gasteiger partial charge on any atom is -0.377 e. The van der Waals surface area contributed by atoms with Crippen molar-refractivity contribution in [3.05, 3.63) is 47.0 Å². The predicted molar refractivity (Wildman–Crippen MR) is 109 cm³/mol. The van der Waals surface area contributed by atoms with Gasteiger partial charge in [0.15, 0.2) is 0 Å². The summed E-state index contributed by atoms with van der Waals surface area (Å²) in [6.07, 6.45) is 9.15. The van der Waals surface area contributed by atoms with Gasteiger partial charge in [0.2, 0.25) is 0 Å². The van der Waals surface area contributed by atoms with Crippen LogP contribution in [0, 0.1) is 0 Å². The van der Waals surface area contributed by atoms with Gasteiger partial charge in [-0.3, -0.25) is 4.68 Å². The lowest BCUT2D eigenvalue weighted by Crippen LogP contribution is -2.29. The van der Waals surface area contributed by atoms with Gasteiger partial charge in [0.25, 0.3) is 0 Å². The first-order valence-corrected chi connectivity index (χ1v) is 10.1. The molecule has 1 saturated carbocycles. The van der Waals surface area contributed by atoms with Crippen LogP contribution >= 0.6 is 11.3 Å². The second-order valence-corrected chi connectivity index (χ2v) is 7.89. The minimum absolute atomic E-state index is 0.662. The van der Waals surface area contributed by atoms with E-state index in [9.17, 15) is 0 Å². The number of nitrogens with one attached hydrogen (secondary N) is 1. The maximum absolute atomic E-state index is 4.75. The van der Waals surface area contributed by atoms with Crippen molar-refractivity contribution in [2.45, 2.75) is 38.3 Å². The summed E-state index contributed by atoms with van der Waals surface area (Å²) in [5.41, 5.74) is 4.52. The number of hydrogen-bond acceptors (Lipinski definition) is 5. The Bertz CT molecular complexity index is 862. The molecule has 0 spiro atoms. The summed E-state index contributed by atoms with van der Waals surface area (Å²) >= 11 is 1.69. The highest BCUT2D eigenvalue weighted by Crippen LogP contribution is 2.32. The molecule has 0 unspecified atom stereocenters. The van der Waals surface area contributed by atoms with Crippen LogP contribution in [0.15, 0.2) is 42.0 Å². The molecule has 5 nitrogen and oxygen atoms in total. The van der Waals surface area contributed by atoms with E-state index in [4.69, 9.17) is 4.98 Å². The zero-order valence-corrected chi connectivity index (χ0v) is 16.2. The number of aryl methyl sites for hydroxylation is 1. The highest BCUT2D eigenvalue weighted by molar-refractivity contribution is 7.09. The van der Waals surface area contributed by atoms with Gasteiger partial charge in [-0.25, -0.2) is 4.98 Å². The Balaban J connectivity index is 1.46. The van der Waals surface area contributed by atoms with Gasteiger partial charge in [-0.1, -0.05) is 25.0 Å². The largest absolute Gasteiger partial charge is 0.377 e. The number of benzene rings is 1. The van der Waals surface area contributed by atoms with Crippen LogP contribution in [0.1, 0.15) is 30.7 Å². The maximum Gasteiger partial charge on any atom is 0.112 e. The molecule has 3 aromatic rings. The van der Waals surface area contributed by atoms with Crippen LogP contribution in [0.25, 0.3) is 11.3 Å². The molecule has 0 radical (unpaired) electrons. The third-order valence-corrected chi connectivity index (χ3v) is 5.99. The summed E-state index contributed by atoms with van der Waals surface area (Å²) in [5.74, 6) is 0. The predicted octanol–water partition coefficient (Wildman–Crippen LogP) is 4.53. The SMILES string of the molecule is CN(c1ccccc1NCc1nc(-c2cnn(C)c2)cs1)C1CCCC1. The molecular formula is C20H25N5S. The Labute approximate surface area is 158 Å². The molecule has 0 amide bonds. The number of hydrogen-bond donors (Lipinski definition) is 1. The molecule has 2 heterocycles. The second-order valence-electron chi connectivity index (χ2n) is 6.95. The lowest BCUT2D eigenvalue weighted by molar-refractivity contribution is 0.653. The monoisotopic (exact) mass is 367 g/mol. The summed E-state index contributed by atoms with van der Waals surface area (Å²) in [6, 6.07) is 9.25. The highest BCUT2D eigenvalue weighted by Gasteiger charge is 2.21. The van der Waals surface area contributed by atoms with E-state index in [2.05, 4.69) is 52.0 Å². The van der Waals surface area contributed by atoms with Crippen molar-refractivity contribution in [3.63, 3.8) is 0 Å². The summed E-state index contributed by atoms with van der Waals surface area (Å²) in [7, 11) is 4.15. The van der Waals surface area contributed by atoms with Crippen molar-refractivity contribution in [1.82, 2.24) is 14.8 Å². The first kappa shape index (κ1) is 17.1. The van der Waals surface area contributed by atoms with Crippen LogP contribution in [0.5, 0.6) is 0 Å². The molecule has 2 aromatic heterocycles. The number of para-hydroxylation sites is 2. The van der Waals surface area contributed by atoms with E-state index in [1.165, 1.54) is 37.1 Å². The van der Waals surface area contributed by atoms with Crippen molar-refractivity contribution in [2.75, 3.05) is 17.3 Å². The fourth-order valence-corrected chi connectivity index (χ4v) is 4.41. The van der Waals surface area contributed by atoms with Crippen molar-refractivity contribution in [1.29, 1.82) is 0 Å². The van der Waals surface area contributed by atoms with E-state index in [1.54, 1.807) is 11.3 Å². The molecule has 1 aliphatic rings. The van der Waals surface area contributed by atoms with E-state index < -0.39 is 0 Å². The fourth-order valence-electron chi connectivity index (χ4n) is 3.67. The van der Waals surface area contributed by atoms with E-state index in [0.29, 0.717) is 6.04 Å². The Morgan fingerprint density at radius 3 is 2.85 bits per heavy atom. The van der Waals surface area contributed by atoms with Crippen molar-refractivity contribution < 1.29 is 0 Å². The van der Waals surface area contributed by atoms with Crippen LogP contribution < -0.4 is 10.2 Å². The standard InChI is InChI=1S/C20H25N5S/c1-24-13-15(11-22-24)18-14-26-20(23-18)12-21-17-9-5-6-10-19(17)25(2)16-7-3-4-8-16/h5-6,9-11,13-14,16,21H,3-4,7-8,12H2,1-2H3. The van der Waals surface area contributed by atoms with E-state index in [0.717, 1.165) is 22.8 Å².